The number of rotatable bonds is 3. The van der Waals surface area contributed by atoms with Crippen molar-refractivity contribution in [3.05, 3.63) is 30.6 Å². The van der Waals surface area contributed by atoms with Crippen molar-refractivity contribution in [1.82, 2.24) is 14.8 Å². The number of hydrogen-bond acceptors (Lipinski definition) is 4. The normalized spacial score (nSPS) is 10.8. The highest BCUT2D eigenvalue weighted by Gasteiger charge is 2.09. The molecule has 2 aromatic rings. The van der Waals surface area contributed by atoms with Gasteiger partial charge in [0.15, 0.2) is 5.82 Å². The molecule has 84 valence electrons. The highest BCUT2D eigenvalue weighted by Crippen LogP contribution is 2.22. The lowest BCUT2D eigenvalue weighted by Crippen LogP contribution is -2.07. The van der Waals surface area contributed by atoms with Crippen molar-refractivity contribution in [3.63, 3.8) is 0 Å². The fourth-order valence-electron chi connectivity index (χ4n) is 1.58. The van der Waals surface area contributed by atoms with Crippen LogP contribution in [0, 0.1) is 0 Å². The van der Waals surface area contributed by atoms with E-state index in [4.69, 9.17) is 5.84 Å². The highest BCUT2D eigenvalue weighted by molar-refractivity contribution is 5.62. The monoisotopic (exact) mass is 217 g/mol. The Hall–Kier alpha value is -1.88. The smallest absolute Gasteiger partial charge is 0.164 e. The Kier molecular flexibility index (Phi) is 2.87. The minimum Gasteiger partial charge on any atom is -0.324 e. The Labute approximate surface area is 94.3 Å². The summed E-state index contributed by atoms with van der Waals surface area (Å²) < 4.78 is 2.02. The van der Waals surface area contributed by atoms with Crippen LogP contribution in [0.3, 0.4) is 0 Å². The first-order valence-corrected chi connectivity index (χ1v) is 5.19. The largest absolute Gasteiger partial charge is 0.324 e. The first kappa shape index (κ1) is 10.6. The van der Waals surface area contributed by atoms with Crippen molar-refractivity contribution in [2.75, 3.05) is 5.43 Å². The van der Waals surface area contributed by atoms with Gasteiger partial charge in [0, 0.05) is 17.3 Å². The van der Waals surface area contributed by atoms with Gasteiger partial charge >= 0.3 is 0 Å². The van der Waals surface area contributed by atoms with Crippen molar-refractivity contribution in [2.45, 2.75) is 19.9 Å². The molecule has 0 amide bonds. The van der Waals surface area contributed by atoms with E-state index < -0.39 is 0 Å². The molecule has 2 rings (SSSR count). The molecule has 0 aliphatic rings. The molecule has 1 heterocycles. The maximum Gasteiger partial charge on any atom is 0.164 e. The molecule has 0 fully saturated rings. The van der Waals surface area contributed by atoms with Crippen LogP contribution in [0.1, 0.15) is 19.9 Å². The lowest BCUT2D eigenvalue weighted by molar-refractivity contribution is 0.604. The summed E-state index contributed by atoms with van der Waals surface area (Å²) in [5.41, 5.74) is 4.48. The van der Waals surface area contributed by atoms with E-state index in [1.807, 2.05) is 28.8 Å². The molecule has 0 bridgehead atoms. The molecule has 0 radical (unpaired) electrons. The van der Waals surface area contributed by atoms with Crippen LogP contribution < -0.4 is 11.3 Å². The Morgan fingerprint density at radius 3 is 2.88 bits per heavy atom. The minimum atomic E-state index is 0.333. The molecular weight excluding hydrogens is 202 g/mol. The number of aromatic nitrogens is 3. The molecular formula is C11H15N5. The molecule has 16 heavy (non-hydrogen) atoms. The van der Waals surface area contributed by atoms with Gasteiger partial charge in [0.25, 0.3) is 0 Å². The summed E-state index contributed by atoms with van der Waals surface area (Å²) in [6.45, 7) is 4.19. The maximum atomic E-state index is 5.38. The number of nitrogen functional groups attached to an aromatic ring is 1. The number of hydrogen-bond donors (Lipinski definition) is 2. The van der Waals surface area contributed by atoms with Gasteiger partial charge in [-0.15, -0.1) is 10.2 Å². The molecule has 3 N–H and O–H groups in total. The summed E-state index contributed by atoms with van der Waals surface area (Å²) in [4.78, 5) is 0. The standard InChI is InChI=1S/C11H15N5/c1-8(2)16-7-13-15-11(16)9-4-3-5-10(6-9)14-12/h3-8,14H,12H2,1-2H3. The average molecular weight is 217 g/mol. The van der Waals surface area contributed by atoms with Gasteiger partial charge in [-0.3, -0.25) is 5.84 Å². The molecule has 0 saturated heterocycles. The van der Waals surface area contributed by atoms with Crippen LogP contribution in [0.15, 0.2) is 30.6 Å². The third-order valence-electron chi connectivity index (χ3n) is 2.42. The molecule has 0 spiro atoms. The van der Waals surface area contributed by atoms with E-state index in [1.165, 1.54) is 0 Å². The van der Waals surface area contributed by atoms with Crippen LogP contribution in [-0.4, -0.2) is 14.8 Å². The van der Waals surface area contributed by atoms with Crippen LogP contribution in [0.5, 0.6) is 0 Å². The SMILES string of the molecule is CC(C)n1cnnc1-c1cccc(NN)c1. The zero-order chi connectivity index (χ0) is 11.5. The van der Waals surface area contributed by atoms with Gasteiger partial charge in [-0.1, -0.05) is 12.1 Å². The van der Waals surface area contributed by atoms with Gasteiger partial charge in [0.2, 0.25) is 0 Å². The van der Waals surface area contributed by atoms with Gasteiger partial charge in [0.1, 0.15) is 6.33 Å². The average Bonchev–Trinajstić information content (AvgIpc) is 2.78. The second-order valence-corrected chi connectivity index (χ2v) is 3.88. The number of anilines is 1. The first-order chi connectivity index (χ1) is 7.72. The van der Waals surface area contributed by atoms with Crippen molar-refractivity contribution in [3.8, 4) is 11.4 Å². The molecule has 0 saturated carbocycles. The van der Waals surface area contributed by atoms with Crippen molar-refractivity contribution < 1.29 is 0 Å². The van der Waals surface area contributed by atoms with Crippen LogP contribution in [0.4, 0.5) is 5.69 Å². The van der Waals surface area contributed by atoms with Crippen LogP contribution in [-0.2, 0) is 0 Å². The quantitative estimate of drug-likeness (QED) is 0.607. The predicted molar refractivity (Wildman–Crippen MR) is 63.7 cm³/mol. The van der Waals surface area contributed by atoms with Gasteiger partial charge in [-0.25, -0.2) is 0 Å². The topological polar surface area (TPSA) is 68.8 Å². The Morgan fingerprint density at radius 2 is 2.19 bits per heavy atom. The van der Waals surface area contributed by atoms with E-state index in [0.717, 1.165) is 17.1 Å². The van der Waals surface area contributed by atoms with Gasteiger partial charge in [-0.2, -0.15) is 0 Å². The van der Waals surface area contributed by atoms with Crippen molar-refractivity contribution in [2.24, 2.45) is 5.84 Å². The van der Waals surface area contributed by atoms with Gasteiger partial charge < -0.3 is 9.99 Å². The fraction of sp³-hybridized carbons (Fsp3) is 0.273. The summed E-state index contributed by atoms with van der Waals surface area (Å²) in [6.07, 6.45) is 1.74. The molecule has 0 aliphatic carbocycles. The third kappa shape index (κ3) is 1.90. The molecule has 0 atom stereocenters. The molecule has 5 nitrogen and oxygen atoms in total. The van der Waals surface area contributed by atoms with Crippen LogP contribution >= 0.6 is 0 Å². The highest BCUT2D eigenvalue weighted by atomic mass is 15.3. The van der Waals surface area contributed by atoms with E-state index in [1.54, 1.807) is 6.33 Å². The first-order valence-electron chi connectivity index (χ1n) is 5.19. The summed E-state index contributed by atoms with van der Waals surface area (Å²) in [5.74, 6) is 6.23. The molecule has 0 aliphatic heterocycles. The Morgan fingerprint density at radius 1 is 1.38 bits per heavy atom. The zero-order valence-electron chi connectivity index (χ0n) is 9.38. The van der Waals surface area contributed by atoms with Crippen molar-refractivity contribution >= 4 is 5.69 Å². The van der Waals surface area contributed by atoms with E-state index in [-0.39, 0.29) is 0 Å². The fourth-order valence-corrected chi connectivity index (χ4v) is 1.58. The van der Waals surface area contributed by atoms with Crippen LogP contribution in [0.25, 0.3) is 11.4 Å². The number of nitrogens with one attached hydrogen (secondary N) is 1. The zero-order valence-corrected chi connectivity index (χ0v) is 9.38. The number of nitrogens with two attached hydrogens (primary N) is 1. The van der Waals surface area contributed by atoms with Crippen molar-refractivity contribution in [1.29, 1.82) is 0 Å². The summed E-state index contributed by atoms with van der Waals surface area (Å²) >= 11 is 0. The Bertz CT molecular complexity index is 475. The third-order valence-corrected chi connectivity index (χ3v) is 2.42. The molecule has 1 aromatic carbocycles. The maximum absolute atomic E-state index is 5.38. The summed E-state index contributed by atoms with van der Waals surface area (Å²) in [5, 5.41) is 8.06. The molecule has 5 heteroatoms. The van der Waals surface area contributed by atoms with E-state index in [2.05, 4.69) is 29.5 Å². The number of hydrazine groups is 1. The van der Waals surface area contributed by atoms with Gasteiger partial charge in [0.05, 0.1) is 0 Å². The Balaban J connectivity index is 2.46. The number of nitrogens with zero attached hydrogens (tertiary/aromatic N) is 3. The van der Waals surface area contributed by atoms with E-state index in [0.29, 0.717) is 6.04 Å². The van der Waals surface area contributed by atoms with E-state index >= 15 is 0 Å². The predicted octanol–water partition coefficient (Wildman–Crippen LogP) is 1.81. The van der Waals surface area contributed by atoms with E-state index in [9.17, 15) is 0 Å². The molecule has 0 unspecified atom stereocenters. The second-order valence-electron chi connectivity index (χ2n) is 3.88. The van der Waals surface area contributed by atoms with Gasteiger partial charge in [-0.05, 0) is 26.0 Å². The minimum absolute atomic E-state index is 0.333. The summed E-state index contributed by atoms with van der Waals surface area (Å²) in [7, 11) is 0. The van der Waals surface area contributed by atoms with Crippen LogP contribution in [0.2, 0.25) is 0 Å². The molecule has 1 aromatic heterocycles. The lowest BCUT2D eigenvalue weighted by atomic mass is 10.2. The second kappa shape index (κ2) is 4.32. The lowest BCUT2D eigenvalue weighted by Gasteiger charge is -2.10. The summed E-state index contributed by atoms with van der Waals surface area (Å²) in [6, 6.07) is 8.11. The number of benzene rings is 1.